The normalized spacial score (nSPS) is 11.5. The maximum atomic E-state index is 5.93. The van der Waals surface area contributed by atoms with Crippen molar-refractivity contribution in [3.63, 3.8) is 0 Å². The smallest absolute Gasteiger partial charge is 0.0589 e. The lowest BCUT2D eigenvalue weighted by Crippen LogP contribution is -2.23. The molecule has 0 saturated carbocycles. The van der Waals surface area contributed by atoms with E-state index in [2.05, 4.69) is 26.1 Å². The van der Waals surface area contributed by atoms with E-state index in [1.54, 1.807) is 6.07 Å². The monoisotopic (exact) mass is 240 g/mol. The molecule has 0 aliphatic heterocycles. The second kappa shape index (κ2) is 5.44. The third kappa shape index (κ3) is 3.93. The van der Waals surface area contributed by atoms with Gasteiger partial charge in [-0.25, -0.2) is 0 Å². The van der Waals surface area contributed by atoms with Crippen LogP contribution in [0.15, 0.2) is 18.2 Å². The van der Waals surface area contributed by atoms with Crippen LogP contribution in [0, 0.1) is 5.41 Å². The molecule has 0 aliphatic carbocycles. The van der Waals surface area contributed by atoms with Crippen LogP contribution in [0.3, 0.4) is 0 Å². The third-order valence-corrected chi connectivity index (χ3v) is 2.93. The number of rotatable bonds is 5. The fourth-order valence-electron chi connectivity index (χ4n) is 1.78. The van der Waals surface area contributed by atoms with E-state index in [1.807, 2.05) is 12.1 Å². The van der Waals surface area contributed by atoms with Gasteiger partial charge in [0.1, 0.15) is 0 Å². The molecule has 0 aromatic heterocycles. The van der Waals surface area contributed by atoms with Gasteiger partial charge in [0.2, 0.25) is 0 Å². The maximum absolute atomic E-state index is 5.93. The van der Waals surface area contributed by atoms with Crippen LogP contribution in [0.1, 0.15) is 33.6 Å². The molecular formula is C13H21ClN2. The Morgan fingerprint density at radius 3 is 2.69 bits per heavy atom. The van der Waals surface area contributed by atoms with Crippen molar-refractivity contribution in [2.24, 2.45) is 5.41 Å². The molecule has 3 heteroatoms. The van der Waals surface area contributed by atoms with E-state index in [9.17, 15) is 0 Å². The first kappa shape index (κ1) is 13.2. The molecule has 3 N–H and O–H groups in total. The summed E-state index contributed by atoms with van der Waals surface area (Å²) in [5, 5.41) is 4.08. The van der Waals surface area contributed by atoms with Gasteiger partial charge in [-0.15, -0.1) is 0 Å². The van der Waals surface area contributed by atoms with E-state index >= 15 is 0 Å². The van der Waals surface area contributed by atoms with E-state index in [0.29, 0.717) is 5.02 Å². The number of hydrogen-bond acceptors (Lipinski definition) is 2. The lowest BCUT2D eigenvalue weighted by molar-refractivity contribution is 0.355. The first-order valence-electron chi connectivity index (χ1n) is 5.73. The van der Waals surface area contributed by atoms with Crippen molar-refractivity contribution in [2.45, 2.75) is 33.6 Å². The minimum absolute atomic E-state index is 0.281. The second-order valence-corrected chi connectivity index (χ2v) is 5.44. The van der Waals surface area contributed by atoms with Crippen LogP contribution in [0.4, 0.5) is 11.4 Å². The van der Waals surface area contributed by atoms with Crippen LogP contribution in [0.5, 0.6) is 0 Å². The topological polar surface area (TPSA) is 38.0 Å². The van der Waals surface area contributed by atoms with Crippen molar-refractivity contribution >= 4 is 23.0 Å². The fourth-order valence-corrected chi connectivity index (χ4v) is 1.95. The average Bonchev–Trinajstić information content (AvgIpc) is 2.19. The highest BCUT2D eigenvalue weighted by molar-refractivity contribution is 6.31. The number of nitrogen functional groups attached to an aromatic ring is 1. The molecule has 0 spiro atoms. The molecule has 0 aliphatic rings. The number of nitrogens with two attached hydrogens (primary N) is 1. The molecule has 0 bridgehead atoms. The Bertz CT molecular complexity index is 348. The Kier molecular flexibility index (Phi) is 4.48. The second-order valence-electron chi connectivity index (χ2n) is 5.00. The lowest BCUT2D eigenvalue weighted by Gasteiger charge is -2.25. The first-order chi connectivity index (χ1) is 7.44. The van der Waals surface area contributed by atoms with Gasteiger partial charge in [0.05, 0.1) is 11.4 Å². The zero-order valence-electron chi connectivity index (χ0n) is 10.3. The number of benzene rings is 1. The summed E-state index contributed by atoms with van der Waals surface area (Å²) in [4.78, 5) is 0. The predicted molar refractivity (Wildman–Crippen MR) is 73.0 cm³/mol. The Labute approximate surface area is 103 Å². The summed E-state index contributed by atoms with van der Waals surface area (Å²) in [6.45, 7) is 7.62. The van der Waals surface area contributed by atoms with Gasteiger partial charge in [0.25, 0.3) is 0 Å². The van der Waals surface area contributed by atoms with Gasteiger partial charge in [-0.1, -0.05) is 38.8 Å². The third-order valence-electron chi connectivity index (χ3n) is 2.70. The van der Waals surface area contributed by atoms with Gasteiger partial charge in [-0.05, 0) is 30.0 Å². The minimum Gasteiger partial charge on any atom is -0.397 e. The first-order valence-corrected chi connectivity index (χ1v) is 6.11. The van der Waals surface area contributed by atoms with Crippen LogP contribution in [0.2, 0.25) is 5.02 Å². The number of hydrogen-bond donors (Lipinski definition) is 2. The largest absolute Gasteiger partial charge is 0.397 e. The summed E-state index contributed by atoms with van der Waals surface area (Å²) in [6.07, 6.45) is 2.39. The molecule has 16 heavy (non-hydrogen) atoms. The summed E-state index contributed by atoms with van der Waals surface area (Å²) in [6, 6.07) is 5.51. The van der Waals surface area contributed by atoms with Crippen molar-refractivity contribution in [3.8, 4) is 0 Å². The summed E-state index contributed by atoms with van der Waals surface area (Å²) >= 11 is 5.93. The fraction of sp³-hybridized carbons (Fsp3) is 0.538. The highest BCUT2D eigenvalue weighted by atomic mass is 35.5. The van der Waals surface area contributed by atoms with Gasteiger partial charge in [0, 0.05) is 11.6 Å². The molecule has 0 heterocycles. The standard InChI is InChI=1S/C13H21ClN2/c1-4-7-13(2,3)9-16-12-8-10(14)5-6-11(12)15/h5-6,8,16H,4,7,9,15H2,1-3H3. The zero-order chi connectivity index (χ0) is 12.2. The quantitative estimate of drug-likeness (QED) is 0.759. The molecular weight excluding hydrogens is 220 g/mol. The molecule has 2 nitrogen and oxygen atoms in total. The van der Waals surface area contributed by atoms with Gasteiger partial charge in [-0.3, -0.25) is 0 Å². The summed E-state index contributed by atoms with van der Waals surface area (Å²) in [5.74, 6) is 0. The van der Waals surface area contributed by atoms with Gasteiger partial charge in [-0.2, -0.15) is 0 Å². The molecule has 0 unspecified atom stereocenters. The predicted octanol–water partition coefficient (Wildman–Crippen LogP) is 4.16. The van der Waals surface area contributed by atoms with Crippen molar-refractivity contribution < 1.29 is 0 Å². The van der Waals surface area contributed by atoms with Crippen molar-refractivity contribution in [1.82, 2.24) is 0 Å². The summed E-state index contributed by atoms with van der Waals surface area (Å²) in [7, 11) is 0. The highest BCUT2D eigenvalue weighted by Crippen LogP contribution is 2.27. The number of anilines is 2. The Morgan fingerprint density at radius 2 is 2.06 bits per heavy atom. The van der Waals surface area contributed by atoms with Crippen LogP contribution in [-0.4, -0.2) is 6.54 Å². The molecule has 0 fully saturated rings. The molecule has 0 saturated heterocycles. The SMILES string of the molecule is CCCC(C)(C)CNc1cc(Cl)ccc1N. The van der Waals surface area contributed by atoms with Gasteiger partial charge >= 0.3 is 0 Å². The molecule has 1 aromatic carbocycles. The summed E-state index contributed by atoms with van der Waals surface area (Å²) < 4.78 is 0. The Balaban J connectivity index is 2.63. The molecule has 0 radical (unpaired) electrons. The summed E-state index contributed by atoms with van der Waals surface area (Å²) in [5.41, 5.74) is 7.83. The number of halogens is 1. The van der Waals surface area contributed by atoms with Crippen molar-refractivity contribution in [2.75, 3.05) is 17.6 Å². The minimum atomic E-state index is 0.281. The van der Waals surface area contributed by atoms with Crippen LogP contribution < -0.4 is 11.1 Å². The lowest BCUT2D eigenvalue weighted by atomic mass is 9.88. The molecule has 0 amide bonds. The maximum Gasteiger partial charge on any atom is 0.0589 e. The van der Waals surface area contributed by atoms with E-state index in [4.69, 9.17) is 17.3 Å². The molecule has 90 valence electrons. The number of nitrogens with one attached hydrogen (secondary N) is 1. The van der Waals surface area contributed by atoms with Crippen LogP contribution >= 0.6 is 11.6 Å². The van der Waals surface area contributed by atoms with Crippen LogP contribution in [-0.2, 0) is 0 Å². The van der Waals surface area contributed by atoms with E-state index in [0.717, 1.165) is 17.9 Å². The van der Waals surface area contributed by atoms with Crippen molar-refractivity contribution in [3.05, 3.63) is 23.2 Å². The highest BCUT2D eigenvalue weighted by Gasteiger charge is 2.16. The molecule has 1 rings (SSSR count). The molecule has 1 aromatic rings. The van der Waals surface area contributed by atoms with E-state index < -0.39 is 0 Å². The van der Waals surface area contributed by atoms with Gasteiger partial charge < -0.3 is 11.1 Å². The molecule has 0 atom stereocenters. The van der Waals surface area contributed by atoms with Crippen molar-refractivity contribution in [1.29, 1.82) is 0 Å². The van der Waals surface area contributed by atoms with E-state index in [-0.39, 0.29) is 5.41 Å². The Hall–Kier alpha value is -0.890. The van der Waals surface area contributed by atoms with E-state index in [1.165, 1.54) is 12.8 Å². The zero-order valence-corrected chi connectivity index (χ0v) is 11.1. The Morgan fingerprint density at radius 1 is 1.38 bits per heavy atom. The van der Waals surface area contributed by atoms with Crippen LogP contribution in [0.25, 0.3) is 0 Å². The van der Waals surface area contributed by atoms with Gasteiger partial charge in [0.15, 0.2) is 0 Å². The average molecular weight is 241 g/mol.